The average molecular weight is 257 g/mol. The summed E-state index contributed by atoms with van der Waals surface area (Å²) in [6.45, 7) is 0.440. The maximum atomic E-state index is 9.50. The molecule has 0 fully saturated rings. The van der Waals surface area contributed by atoms with Gasteiger partial charge >= 0.3 is 83.5 Å². The minimum absolute atomic E-state index is 0.690. The van der Waals surface area contributed by atoms with Crippen LogP contribution in [-0.2, 0) is 0 Å². The van der Waals surface area contributed by atoms with Crippen LogP contribution in [0.5, 0.6) is 0 Å². The van der Waals surface area contributed by atoms with Crippen molar-refractivity contribution in [3.63, 3.8) is 0 Å². The standard InChI is InChI=1S/C7H14O5Se/c1-7(12,5(10)2-8)6(11)4(9)3-13/h3-6,8-12H,2H2,1H3/t4-,5+,6+,7+/m0/s1. The van der Waals surface area contributed by atoms with E-state index in [4.69, 9.17) is 15.3 Å². The van der Waals surface area contributed by atoms with Gasteiger partial charge in [-0.3, -0.25) is 0 Å². The number of aliphatic hydroxyl groups is 5. The Bertz CT molecular complexity index is 172. The summed E-state index contributed by atoms with van der Waals surface area (Å²) in [6, 6.07) is 0. The average Bonchev–Trinajstić information content (AvgIpc) is 2.13. The number of hydrogen-bond donors (Lipinski definition) is 5. The second-order valence-electron chi connectivity index (χ2n) is 3.00. The first-order valence-corrected chi connectivity index (χ1v) is 4.69. The molecule has 0 radical (unpaired) electrons. The van der Waals surface area contributed by atoms with E-state index in [9.17, 15) is 10.2 Å². The summed E-state index contributed by atoms with van der Waals surface area (Å²) in [7, 11) is 0. The molecular formula is C7H14O5Se. The number of aliphatic hydroxyl groups excluding tert-OH is 4. The van der Waals surface area contributed by atoms with Gasteiger partial charge in [-0.2, -0.15) is 0 Å². The molecule has 78 valence electrons. The third kappa shape index (κ3) is 3.10. The molecule has 0 aliphatic rings. The first-order valence-electron chi connectivity index (χ1n) is 3.70. The molecule has 0 saturated heterocycles. The van der Waals surface area contributed by atoms with Gasteiger partial charge in [-0.1, -0.05) is 0 Å². The summed E-state index contributed by atoms with van der Waals surface area (Å²) < 4.78 is 0. The normalized spacial score (nSPS) is 22.9. The van der Waals surface area contributed by atoms with E-state index in [1.54, 1.807) is 0 Å². The first kappa shape index (κ1) is 13.2. The van der Waals surface area contributed by atoms with Gasteiger partial charge in [-0.05, 0) is 0 Å². The Morgan fingerprint density at radius 1 is 1.38 bits per heavy atom. The van der Waals surface area contributed by atoms with Gasteiger partial charge in [0, 0.05) is 0 Å². The quantitative estimate of drug-likeness (QED) is 0.334. The van der Waals surface area contributed by atoms with Crippen molar-refractivity contribution < 1.29 is 25.5 Å². The van der Waals surface area contributed by atoms with E-state index in [1.165, 1.54) is 0 Å². The molecule has 0 aromatic heterocycles. The fourth-order valence-corrected chi connectivity index (χ4v) is 1.11. The first-order chi connectivity index (χ1) is 5.87. The zero-order chi connectivity index (χ0) is 10.6. The van der Waals surface area contributed by atoms with Crippen LogP contribution in [0.1, 0.15) is 6.92 Å². The molecule has 0 aliphatic carbocycles. The Kier molecular flexibility index (Phi) is 5.24. The Balaban J connectivity index is 4.51. The predicted octanol–water partition coefficient (Wildman–Crippen LogP) is -3.22. The van der Waals surface area contributed by atoms with Crippen molar-refractivity contribution in [2.45, 2.75) is 30.8 Å². The summed E-state index contributed by atoms with van der Waals surface area (Å²) in [6.07, 6.45) is -4.36. The molecule has 0 aromatic carbocycles. The van der Waals surface area contributed by atoms with E-state index in [0.717, 1.165) is 11.8 Å². The van der Waals surface area contributed by atoms with Crippen LogP contribution in [0, 0.1) is 0 Å². The van der Waals surface area contributed by atoms with Gasteiger partial charge in [0.15, 0.2) is 0 Å². The number of hydrogen-bond acceptors (Lipinski definition) is 5. The van der Waals surface area contributed by atoms with Crippen LogP contribution >= 0.6 is 0 Å². The second kappa shape index (κ2) is 5.17. The minimum atomic E-state index is -1.95. The molecule has 0 aromatic rings. The van der Waals surface area contributed by atoms with Crippen LogP contribution in [0.25, 0.3) is 0 Å². The summed E-state index contributed by atoms with van der Waals surface area (Å²) in [4.78, 5) is 1.16. The molecule has 13 heavy (non-hydrogen) atoms. The third-order valence-corrected chi connectivity index (χ3v) is 2.49. The molecule has 0 bridgehead atoms. The van der Waals surface area contributed by atoms with Gasteiger partial charge in [0.25, 0.3) is 0 Å². The Morgan fingerprint density at radius 3 is 2.15 bits per heavy atom. The zero-order valence-electron chi connectivity index (χ0n) is 7.16. The van der Waals surface area contributed by atoms with E-state index < -0.39 is 30.5 Å². The Hall–Kier alpha value is 0.189. The van der Waals surface area contributed by atoms with E-state index in [2.05, 4.69) is 15.6 Å². The molecule has 0 heterocycles. The molecule has 4 atom stereocenters. The molecule has 5 nitrogen and oxygen atoms in total. The predicted molar refractivity (Wildman–Crippen MR) is 47.5 cm³/mol. The van der Waals surface area contributed by atoms with Crippen molar-refractivity contribution in [2.75, 3.05) is 6.61 Å². The van der Waals surface area contributed by atoms with Gasteiger partial charge in [-0.15, -0.1) is 0 Å². The molecule has 0 saturated carbocycles. The zero-order valence-corrected chi connectivity index (χ0v) is 8.87. The Labute approximate surface area is 84.0 Å². The molecule has 0 rings (SSSR count). The monoisotopic (exact) mass is 258 g/mol. The van der Waals surface area contributed by atoms with Gasteiger partial charge in [-0.25, -0.2) is 0 Å². The SMILES string of the molecule is C[C@@](O)([C@H](O)CO)[C@H](O)[C@@H](O)C=[Se]. The second-order valence-corrected chi connectivity index (χ2v) is 3.57. The molecule has 6 heteroatoms. The summed E-state index contributed by atoms with van der Waals surface area (Å²) in [5, 5.41) is 45.6. The molecule has 0 amide bonds. The van der Waals surface area contributed by atoms with Crippen LogP contribution in [0.15, 0.2) is 0 Å². The Morgan fingerprint density at radius 2 is 1.85 bits per heavy atom. The summed E-state index contributed by atoms with van der Waals surface area (Å²) in [5.41, 5.74) is -1.95. The third-order valence-electron chi connectivity index (χ3n) is 1.91. The van der Waals surface area contributed by atoms with Crippen molar-refractivity contribution in [1.82, 2.24) is 0 Å². The van der Waals surface area contributed by atoms with E-state index in [-0.39, 0.29) is 0 Å². The van der Waals surface area contributed by atoms with E-state index in [1.807, 2.05) is 0 Å². The van der Waals surface area contributed by atoms with Crippen molar-refractivity contribution in [2.24, 2.45) is 0 Å². The van der Waals surface area contributed by atoms with Crippen molar-refractivity contribution in [1.29, 1.82) is 0 Å². The van der Waals surface area contributed by atoms with Crippen LogP contribution in [0.3, 0.4) is 0 Å². The molecule has 5 N–H and O–H groups in total. The van der Waals surface area contributed by atoms with Crippen LogP contribution in [0.2, 0.25) is 0 Å². The van der Waals surface area contributed by atoms with Crippen molar-refractivity contribution in [3.05, 3.63) is 0 Å². The number of rotatable bonds is 5. The van der Waals surface area contributed by atoms with Crippen molar-refractivity contribution in [3.8, 4) is 0 Å². The van der Waals surface area contributed by atoms with E-state index >= 15 is 0 Å². The fraction of sp³-hybridized carbons (Fsp3) is 0.857. The van der Waals surface area contributed by atoms with Gasteiger partial charge in [0.1, 0.15) is 0 Å². The van der Waals surface area contributed by atoms with Crippen LogP contribution in [-0.4, -0.2) is 76.5 Å². The summed E-state index contributed by atoms with van der Waals surface area (Å²) >= 11 is 2.36. The topological polar surface area (TPSA) is 101 Å². The molecule has 0 spiro atoms. The van der Waals surface area contributed by atoms with Crippen molar-refractivity contribution >= 4 is 20.5 Å². The molecule has 0 unspecified atom stereocenters. The van der Waals surface area contributed by atoms with Gasteiger partial charge < -0.3 is 0 Å². The van der Waals surface area contributed by atoms with Crippen LogP contribution in [0.4, 0.5) is 0 Å². The fourth-order valence-electron chi connectivity index (χ4n) is 0.802. The maximum absolute atomic E-state index is 9.50. The van der Waals surface area contributed by atoms with Crippen LogP contribution < -0.4 is 0 Å². The van der Waals surface area contributed by atoms with Gasteiger partial charge in [0.2, 0.25) is 0 Å². The van der Waals surface area contributed by atoms with Gasteiger partial charge in [0.05, 0.1) is 0 Å². The molecule has 0 aliphatic heterocycles. The van der Waals surface area contributed by atoms with E-state index in [0.29, 0.717) is 0 Å². The molecular weight excluding hydrogens is 243 g/mol. The summed E-state index contributed by atoms with van der Waals surface area (Å²) in [5.74, 6) is 0.